The van der Waals surface area contributed by atoms with E-state index >= 15 is 0 Å². The van der Waals surface area contributed by atoms with Crippen molar-refractivity contribution in [3.63, 3.8) is 0 Å². The Bertz CT molecular complexity index is 564. The molecule has 0 radical (unpaired) electrons. The van der Waals surface area contributed by atoms with Gasteiger partial charge < -0.3 is 15.2 Å². The molecule has 2 rings (SSSR count). The summed E-state index contributed by atoms with van der Waals surface area (Å²) in [6.07, 6.45) is 0.644. The first kappa shape index (κ1) is 15.1. The Balaban J connectivity index is 1.77. The molecule has 21 heavy (non-hydrogen) atoms. The molecule has 0 unspecified atom stereocenters. The van der Waals surface area contributed by atoms with Crippen LogP contribution in [0.1, 0.15) is 19.5 Å². The van der Waals surface area contributed by atoms with E-state index in [2.05, 4.69) is 29.6 Å². The Morgan fingerprint density at radius 3 is 2.71 bits per heavy atom. The molecule has 0 atom stereocenters. The van der Waals surface area contributed by atoms with Crippen molar-refractivity contribution in [3.05, 3.63) is 42.1 Å². The van der Waals surface area contributed by atoms with Gasteiger partial charge >= 0.3 is 6.03 Å². The lowest BCUT2D eigenvalue weighted by Gasteiger charge is -2.08. The van der Waals surface area contributed by atoms with Crippen molar-refractivity contribution < 1.29 is 9.32 Å². The van der Waals surface area contributed by atoms with E-state index in [-0.39, 0.29) is 6.03 Å². The molecule has 0 aliphatic carbocycles. The first-order valence-electron chi connectivity index (χ1n) is 7.18. The van der Waals surface area contributed by atoms with Crippen molar-refractivity contribution in [2.24, 2.45) is 5.92 Å². The average Bonchev–Trinajstić information content (AvgIpc) is 2.95. The molecule has 0 bridgehead atoms. The van der Waals surface area contributed by atoms with Crippen LogP contribution in [0.4, 0.5) is 4.79 Å². The Hall–Kier alpha value is -2.30. The van der Waals surface area contributed by atoms with Gasteiger partial charge in [-0.3, -0.25) is 0 Å². The zero-order valence-corrected chi connectivity index (χ0v) is 12.4. The van der Waals surface area contributed by atoms with Crippen LogP contribution in [0, 0.1) is 5.92 Å². The number of rotatable bonds is 6. The summed E-state index contributed by atoms with van der Waals surface area (Å²) in [5, 5.41) is 9.63. The molecule has 1 aromatic carbocycles. The maximum Gasteiger partial charge on any atom is 0.314 e. The lowest BCUT2D eigenvalue weighted by molar-refractivity contribution is 0.239. The second-order valence-corrected chi connectivity index (χ2v) is 5.33. The molecule has 0 aliphatic heterocycles. The molecule has 2 N–H and O–H groups in total. The minimum Gasteiger partial charge on any atom is -0.356 e. The molecule has 2 aromatic rings. The maximum atomic E-state index is 11.5. The molecule has 112 valence electrons. The van der Waals surface area contributed by atoms with Crippen LogP contribution >= 0.6 is 0 Å². The van der Waals surface area contributed by atoms with E-state index in [4.69, 9.17) is 4.52 Å². The van der Waals surface area contributed by atoms with Crippen LogP contribution in [0.25, 0.3) is 11.3 Å². The van der Waals surface area contributed by atoms with Gasteiger partial charge in [-0.2, -0.15) is 0 Å². The van der Waals surface area contributed by atoms with E-state index in [1.807, 2.05) is 36.4 Å². The summed E-state index contributed by atoms with van der Waals surface area (Å²) in [7, 11) is 0. The van der Waals surface area contributed by atoms with Crippen molar-refractivity contribution in [2.75, 3.05) is 13.1 Å². The predicted octanol–water partition coefficient (Wildman–Crippen LogP) is 2.84. The van der Waals surface area contributed by atoms with Gasteiger partial charge in [0, 0.05) is 31.1 Å². The molecular formula is C16H21N3O2. The SMILES string of the molecule is CC(C)CNC(=O)NCCc1cc(-c2ccccc2)on1. The molecule has 0 saturated carbocycles. The largest absolute Gasteiger partial charge is 0.356 e. The predicted molar refractivity (Wildman–Crippen MR) is 81.9 cm³/mol. The number of hydrogen-bond acceptors (Lipinski definition) is 3. The van der Waals surface area contributed by atoms with Crippen LogP contribution in [0.5, 0.6) is 0 Å². The number of amides is 2. The number of carbonyl (C=O) groups excluding carboxylic acids is 1. The summed E-state index contributed by atoms with van der Waals surface area (Å²) in [4.78, 5) is 11.5. The minimum atomic E-state index is -0.143. The highest BCUT2D eigenvalue weighted by Crippen LogP contribution is 2.19. The number of benzene rings is 1. The second-order valence-electron chi connectivity index (χ2n) is 5.33. The van der Waals surface area contributed by atoms with Crippen LogP contribution in [0.2, 0.25) is 0 Å². The van der Waals surface area contributed by atoms with Gasteiger partial charge in [-0.05, 0) is 5.92 Å². The third kappa shape index (κ3) is 4.95. The molecule has 1 heterocycles. The number of nitrogens with one attached hydrogen (secondary N) is 2. The summed E-state index contributed by atoms with van der Waals surface area (Å²) in [6.45, 7) is 5.32. The highest BCUT2D eigenvalue weighted by molar-refractivity contribution is 5.73. The number of nitrogens with zero attached hydrogens (tertiary/aromatic N) is 1. The lowest BCUT2D eigenvalue weighted by atomic mass is 10.1. The van der Waals surface area contributed by atoms with E-state index in [0.717, 1.165) is 17.0 Å². The summed E-state index contributed by atoms with van der Waals surface area (Å²) in [6, 6.07) is 11.6. The van der Waals surface area contributed by atoms with Crippen LogP contribution in [0.3, 0.4) is 0 Å². The molecule has 5 heteroatoms. The zero-order valence-electron chi connectivity index (χ0n) is 12.4. The van der Waals surface area contributed by atoms with E-state index in [0.29, 0.717) is 25.4 Å². The summed E-state index contributed by atoms with van der Waals surface area (Å²) in [5.41, 5.74) is 1.83. The van der Waals surface area contributed by atoms with Crippen LogP contribution in [0.15, 0.2) is 40.9 Å². The van der Waals surface area contributed by atoms with Crippen molar-refractivity contribution >= 4 is 6.03 Å². The Morgan fingerprint density at radius 2 is 2.00 bits per heavy atom. The maximum absolute atomic E-state index is 11.5. The number of urea groups is 1. The first-order chi connectivity index (χ1) is 10.1. The van der Waals surface area contributed by atoms with E-state index in [9.17, 15) is 4.79 Å². The lowest BCUT2D eigenvalue weighted by Crippen LogP contribution is -2.38. The Kier molecular flexibility index (Phi) is 5.37. The Labute approximate surface area is 124 Å². The van der Waals surface area contributed by atoms with Gasteiger partial charge in [-0.25, -0.2) is 4.79 Å². The summed E-state index contributed by atoms with van der Waals surface area (Å²) >= 11 is 0. The normalized spacial score (nSPS) is 10.6. The van der Waals surface area contributed by atoms with Crippen molar-refractivity contribution in [3.8, 4) is 11.3 Å². The van der Waals surface area contributed by atoms with Crippen LogP contribution < -0.4 is 10.6 Å². The highest BCUT2D eigenvalue weighted by Gasteiger charge is 2.07. The summed E-state index contributed by atoms with van der Waals surface area (Å²) in [5.74, 6) is 1.19. The zero-order chi connectivity index (χ0) is 15.1. The molecule has 1 aromatic heterocycles. The summed E-state index contributed by atoms with van der Waals surface area (Å²) < 4.78 is 5.31. The van der Waals surface area contributed by atoms with Gasteiger partial charge in [-0.15, -0.1) is 0 Å². The van der Waals surface area contributed by atoms with Gasteiger partial charge in [0.15, 0.2) is 5.76 Å². The molecule has 2 amide bonds. The van der Waals surface area contributed by atoms with E-state index in [1.54, 1.807) is 0 Å². The topological polar surface area (TPSA) is 67.2 Å². The van der Waals surface area contributed by atoms with Crippen LogP contribution in [-0.2, 0) is 6.42 Å². The van der Waals surface area contributed by atoms with Gasteiger partial charge in [-0.1, -0.05) is 49.3 Å². The number of hydrogen-bond donors (Lipinski definition) is 2. The van der Waals surface area contributed by atoms with Gasteiger partial charge in [0.25, 0.3) is 0 Å². The first-order valence-corrected chi connectivity index (χ1v) is 7.18. The average molecular weight is 287 g/mol. The fraction of sp³-hybridized carbons (Fsp3) is 0.375. The smallest absolute Gasteiger partial charge is 0.314 e. The van der Waals surface area contributed by atoms with Crippen LogP contribution in [-0.4, -0.2) is 24.3 Å². The number of aromatic nitrogens is 1. The third-order valence-electron chi connectivity index (χ3n) is 2.95. The third-order valence-corrected chi connectivity index (χ3v) is 2.95. The molecule has 0 saturated heterocycles. The van der Waals surface area contributed by atoms with E-state index in [1.165, 1.54) is 0 Å². The fourth-order valence-corrected chi connectivity index (χ4v) is 1.83. The fourth-order valence-electron chi connectivity index (χ4n) is 1.83. The Morgan fingerprint density at radius 1 is 1.24 bits per heavy atom. The molecule has 5 nitrogen and oxygen atoms in total. The van der Waals surface area contributed by atoms with E-state index < -0.39 is 0 Å². The van der Waals surface area contributed by atoms with Gasteiger partial charge in [0.1, 0.15) is 0 Å². The monoisotopic (exact) mass is 287 g/mol. The van der Waals surface area contributed by atoms with Gasteiger partial charge in [0.2, 0.25) is 0 Å². The van der Waals surface area contributed by atoms with Crippen molar-refractivity contribution in [1.29, 1.82) is 0 Å². The quantitative estimate of drug-likeness (QED) is 0.858. The molecule has 0 spiro atoms. The molecule has 0 aliphatic rings. The van der Waals surface area contributed by atoms with Crippen molar-refractivity contribution in [1.82, 2.24) is 15.8 Å². The molecule has 0 fully saturated rings. The minimum absolute atomic E-state index is 0.143. The van der Waals surface area contributed by atoms with Crippen molar-refractivity contribution in [2.45, 2.75) is 20.3 Å². The molecular weight excluding hydrogens is 266 g/mol. The standard InChI is InChI=1S/C16H21N3O2/c1-12(2)11-18-16(20)17-9-8-14-10-15(21-19-14)13-6-4-3-5-7-13/h3-7,10,12H,8-9,11H2,1-2H3,(H2,17,18,20). The second kappa shape index (κ2) is 7.47. The highest BCUT2D eigenvalue weighted by atomic mass is 16.5. The number of carbonyl (C=O) groups is 1. The van der Waals surface area contributed by atoms with Gasteiger partial charge in [0.05, 0.1) is 5.69 Å².